The van der Waals surface area contributed by atoms with E-state index in [1.54, 1.807) is 39.6 Å². The highest BCUT2D eigenvalue weighted by molar-refractivity contribution is 7.79. The molecule has 0 unspecified atom stereocenters. The Morgan fingerprint density at radius 1 is 0.641 bits per heavy atom. The van der Waals surface area contributed by atoms with Crippen molar-refractivity contribution in [2.24, 2.45) is 23.7 Å². The van der Waals surface area contributed by atoms with Gasteiger partial charge in [0.2, 0.25) is 11.8 Å². The van der Waals surface area contributed by atoms with Gasteiger partial charge in [-0.15, -0.1) is 0 Å². The van der Waals surface area contributed by atoms with Gasteiger partial charge in [0.25, 0.3) is 0 Å². The number of piperidine rings is 4. The third-order valence-corrected chi connectivity index (χ3v) is 17.6. The van der Waals surface area contributed by atoms with Crippen LogP contribution in [-0.4, -0.2) is 149 Å². The molecule has 344 valence electrons. The summed E-state index contributed by atoms with van der Waals surface area (Å²) >= 11 is 0. The third kappa shape index (κ3) is 5.50. The van der Waals surface area contributed by atoms with Crippen LogP contribution in [0.3, 0.4) is 0 Å². The number of nitrogens with zero attached hydrogens (tertiary/aromatic N) is 4. The van der Waals surface area contributed by atoms with Crippen molar-refractivity contribution >= 4 is 33.6 Å². The summed E-state index contributed by atoms with van der Waals surface area (Å²) in [6, 6.07) is 9.74. The summed E-state index contributed by atoms with van der Waals surface area (Å²) in [7, 11) is 2.05. The summed E-state index contributed by atoms with van der Waals surface area (Å²) in [5.74, 6) is 5.15. The van der Waals surface area contributed by atoms with Crippen LogP contribution in [0.1, 0.15) is 49.7 Å². The van der Waals surface area contributed by atoms with Crippen LogP contribution in [0.4, 0.5) is 11.4 Å². The fraction of sp³-hybridized carbons (Fsp3) is 0.609. The maximum atomic E-state index is 13.5. The molecule has 2 saturated carbocycles. The zero-order chi connectivity index (χ0) is 43.5. The molecular formula is C46H56N4O13S. The number of benzene rings is 2. The fourth-order valence-corrected chi connectivity index (χ4v) is 15.7. The van der Waals surface area contributed by atoms with Gasteiger partial charge in [0, 0.05) is 60.0 Å². The molecule has 2 spiro atoms. The summed E-state index contributed by atoms with van der Waals surface area (Å²) in [5.41, 5.74) is 7.70. The first-order valence-electron chi connectivity index (χ1n) is 22.3. The van der Waals surface area contributed by atoms with E-state index in [4.69, 9.17) is 45.9 Å². The molecule has 8 fully saturated rings. The summed E-state index contributed by atoms with van der Waals surface area (Å²) in [4.78, 5) is 36.5. The van der Waals surface area contributed by atoms with Crippen molar-refractivity contribution in [3.05, 3.63) is 58.7 Å². The number of ether oxygens (including phenoxy) is 6. The van der Waals surface area contributed by atoms with E-state index < -0.39 is 10.4 Å². The lowest BCUT2D eigenvalue weighted by molar-refractivity contribution is -0.133. The molecule has 18 heteroatoms. The molecule has 10 heterocycles. The van der Waals surface area contributed by atoms with Crippen LogP contribution in [-0.2, 0) is 40.3 Å². The van der Waals surface area contributed by atoms with Crippen molar-refractivity contribution in [2.45, 2.75) is 85.7 Å². The second kappa shape index (κ2) is 14.6. The minimum Gasteiger partial charge on any atom is -0.493 e. The quantitative estimate of drug-likeness (QED) is 0.334. The van der Waals surface area contributed by atoms with E-state index >= 15 is 0 Å². The predicted molar refractivity (Wildman–Crippen MR) is 231 cm³/mol. The number of fused-ring (bicyclic) bond motifs is 4. The Morgan fingerprint density at radius 2 is 1.02 bits per heavy atom. The maximum Gasteiger partial charge on any atom is 0.394 e. The number of rotatable bonds is 4. The number of carbonyl (C=O) groups excluding carboxylic acids is 2. The number of amides is 2. The summed E-state index contributed by atoms with van der Waals surface area (Å²) in [6.45, 7) is 5.61. The molecule has 2 aromatic rings. The van der Waals surface area contributed by atoms with Gasteiger partial charge < -0.3 is 43.7 Å². The average Bonchev–Trinajstić information content (AvgIpc) is 3.94. The Kier molecular flexibility index (Phi) is 9.68. The third-order valence-electron chi connectivity index (χ3n) is 17.6. The highest BCUT2D eigenvalue weighted by Crippen LogP contribution is 2.68. The molecule has 4 N–H and O–H groups in total. The first-order valence-corrected chi connectivity index (χ1v) is 23.7. The van der Waals surface area contributed by atoms with Gasteiger partial charge in [-0.25, -0.2) is 0 Å². The van der Waals surface area contributed by atoms with Crippen molar-refractivity contribution in [1.82, 2.24) is 9.80 Å². The highest BCUT2D eigenvalue weighted by Gasteiger charge is 2.73. The molecule has 4 bridgehead atoms. The van der Waals surface area contributed by atoms with Crippen LogP contribution in [0.2, 0.25) is 0 Å². The van der Waals surface area contributed by atoms with Crippen molar-refractivity contribution < 1.29 is 61.0 Å². The van der Waals surface area contributed by atoms with Crippen LogP contribution in [0.25, 0.3) is 0 Å². The van der Waals surface area contributed by atoms with Gasteiger partial charge >= 0.3 is 10.4 Å². The smallest absolute Gasteiger partial charge is 0.394 e. The molecule has 12 atom stereocenters. The molecule has 2 aliphatic carbocycles. The van der Waals surface area contributed by atoms with Crippen LogP contribution >= 0.6 is 0 Å². The zero-order valence-electron chi connectivity index (χ0n) is 36.4. The maximum absolute atomic E-state index is 13.5. The Morgan fingerprint density at radius 3 is 1.39 bits per heavy atom. The van der Waals surface area contributed by atoms with Crippen LogP contribution in [0, 0.1) is 23.7 Å². The number of hydrogen-bond donors (Lipinski definition) is 2. The van der Waals surface area contributed by atoms with Gasteiger partial charge in [-0.3, -0.25) is 28.5 Å². The molecule has 0 aromatic heterocycles. The predicted octanol–water partition coefficient (Wildman–Crippen LogP) is 2.74. The zero-order valence-corrected chi connectivity index (χ0v) is 37.2. The average molecular weight is 905 g/mol. The summed E-state index contributed by atoms with van der Waals surface area (Å²) in [5, 5.41) is 0. The largest absolute Gasteiger partial charge is 0.493 e. The molecule has 2 aromatic carbocycles. The normalized spacial score (nSPS) is 38.1. The lowest BCUT2D eigenvalue weighted by Gasteiger charge is -2.58. The standard InChI is InChI=1S/2C23H26N2O4.H2O4S.H2O/c2*1-27-16-8-14-15(9-17(16)28-2)25-20(26)10-18-21-13-7-19-23(14,22(21)25)4-5-24(19)11-12(13)3-6-29-18;1-5(2,3)4;/h2*3,8-9,13,18-19,21-22H,4-7,10-11H2,1-2H3;(H2,1,2,3,4);1H2/t2*13-,18-,19-,21-,22-,23+;;/m00../s1. The molecule has 10 aliphatic heterocycles. The van der Waals surface area contributed by atoms with E-state index in [1.165, 1.54) is 24.0 Å². The van der Waals surface area contributed by atoms with Gasteiger partial charge in [0.15, 0.2) is 23.0 Å². The summed E-state index contributed by atoms with van der Waals surface area (Å²) in [6.07, 6.45) is 10.2. The van der Waals surface area contributed by atoms with Crippen molar-refractivity contribution in [3.8, 4) is 23.0 Å². The lowest BCUT2D eigenvalue weighted by Crippen LogP contribution is -2.69. The Hall–Kier alpha value is -4.27. The number of anilines is 2. The molecule has 12 aliphatic rings. The van der Waals surface area contributed by atoms with E-state index in [-0.39, 0.29) is 52.4 Å². The van der Waals surface area contributed by atoms with E-state index in [0.717, 1.165) is 61.9 Å². The topological polar surface area (TPSA) is 209 Å². The number of methoxy groups -OCH3 is 4. The first kappa shape index (κ1) is 42.4. The van der Waals surface area contributed by atoms with Gasteiger partial charge in [-0.1, -0.05) is 23.3 Å². The Labute approximate surface area is 372 Å². The van der Waals surface area contributed by atoms with Crippen LogP contribution in [0.5, 0.6) is 23.0 Å². The number of hydrogen-bond acceptors (Lipinski definition) is 12. The second-order valence-electron chi connectivity index (χ2n) is 19.4. The van der Waals surface area contributed by atoms with Crippen molar-refractivity contribution in [3.63, 3.8) is 0 Å². The van der Waals surface area contributed by atoms with Gasteiger partial charge in [0.1, 0.15) is 0 Å². The summed E-state index contributed by atoms with van der Waals surface area (Å²) < 4.78 is 66.8. The van der Waals surface area contributed by atoms with E-state index in [1.807, 2.05) is 12.1 Å². The van der Waals surface area contributed by atoms with Gasteiger partial charge in [-0.05, 0) is 73.9 Å². The molecule has 0 radical (unpaired) electrons. The first-order chi connectivity index (χ1) is 30.3. The van der Waals surface area contributed by atoms with E-state index in [2.05, 4.69) is 43.9 Å². The molecule has 2 amide bonds. The van der Waals surface area contributed by atoms with E-state index in [0.29, 0.717) is 73.3 Å². The van der Waals surface area contributed by atoms with Crippen LogP contribution < -0.4 is 28.7 Å². The molecule has 64 heavy (non-hydrogen) atoms. The van der Waals surface area contributed by atoms with Gasteiger partial charge in [-0.2, -0.15) is 8.42 Å². The monoisotopic (exact) mass is 904 g/mol. The highest BCUT2D eigenvalue weighted by atomic mass is 32.3. The molecular weight excluding hydrogens is 849 g/mol. The van der Waals surface area contributed by atoms with E-state index in [9.17, 15) is 9.59 Å². The Balaban J connectivity index is 0.000000128. The molecule has 6 saturated heterocycles. The van der Waals surface area contributed by atoms with Gasteiger partial charge in [0.05, 0.1) is 90.2 Å². The van der Waals surface area contributed by atoms with Crippen LogP contribution in [0.15, 0.2) is 47.6 Å². The number of carbonyl (C=O) groups is 2. The van der Waals surface area contributed by atoms with Crippen molar-refractivity contribution in [1.29, 1.82) is 0 Å². The second-order valence-corrected chi connectivity index (χ2v) is 20.3. The molecule has 17 nitrogen and oxygen atoms in total. The lowest BCUT2D eigenvalue weighted by atomic mass is 9.53. The van der Waals surface area contributed by atoms with Crippen molar-refractivity contribution in [2.75, 3.05) is 77.6 Å². The fourth-order valence-electron chi connectivity index (χ4n) is 15.7. The minimum atomic E-state index is -4.67. The SMILES string of the molecule is COc1cc2c(cc1OC)[C@@]13CCN4CC5=CCO[C@H]6CC(=O)N2[C@H]1[C@H]6[C@H]5C[C@H]43.COc1cc2c(cc1OC)[C@@]13CCN4CC5=CCO[C@H]6CC(=O)N2[C@H]1[C@H]6[C@H]5C[C@H]43.O.O=S(=O)(O)O. The molecule has 14 rings (SSSR count). The Bertz CT molecular complexity index is 2350. The minimum absolute atomic E-state index is 0.